The van der Waals surface area contributed by atoms with Crippen LogP contribution in [-0.2, 0) is 5.60 Å². The summed E-state index contributed by atoms with van der Waals surface area (Å²) in [4.78, 5) is 0. The van der Waals surface area contributed by atoms with E-state index in [1.807, 2.05) is 55.5 Å². The first-order valence-electron chi connectivity index (χ1n) is 6.43. The van der Waals surface area contributed by atoms with E-state index in [9.17, 15) is 5.11 Å². The van der Waals surface area contributed by atoms with Gasteiger partial charge in [-0.3, -0.25) is 0 Å². The van der Waals surface area contributed by atoms with Crippen LogP contribution < -0.4 is 0 Å². The summed E-state index contributed by atoms with van der Waals surface area (Å²) >= 11 is 0. The minimum absolute atomic E-state index is 0.648. The highest BCUT2D eigenvalue weighted by molar-refractivity contribution is 5.23. The molecule has 0 aromatic heterocycles. The van der Waals surface area contributed by atoms with Crippen molar-refractivity contribution in [2.75, 3.05) is 0 Å². The van der Waals surface area contributed by atoms with Crippen LogP contribution in [0.2, 0.25) is 0 Å². The molecule has 0 radical (unpaired) electrons. The molecule has 0 heterocycles. The number of benzene rings is 1. The lowest BCUT2D eigenvalue weighted by atomic mass is 9.88. The number of allylic oxidation sites excluding steroid dienone is 4. The third-order valence-electron chi connectivity index (χ3n) is 3.06. The van der Waals surface area contributed by atoms with Crippen LogP contribution in [0.4, 0.5) is 0 Å². The Labute approximate surface area is 110 Å². The topological polar surface area (TPSA) is 20.2 Å². The Morgan fingerprint density at radius 1 is 1.17 bits per heavy atom. The van der Waals surface area contributed by atoms with Crippen LogP contribution in [0.3, 0.4) is 0 Å². The van der Waals surface area contributed by atoms with Crippen molar-refractivity contribution in [1.29, 1.82) is 0 Å². The molecular weight excluding hydrogens is 220 g/mol. The monoisotopic (exact) mass is 242 g/mol. The molecule has 0 spiro atoms. The van der Waals surface area contributed by atoms with Crippen molar-refractivity contribution in [3.8, 4) is 0 Å². The van der Waals surface area contributed by atoms with Gasteiger partial charge in [0.2, 0.25) is 0 Å². The lowest BCUT2D eigenvalue weighted by Gasteiger charge is -2.26. The van der Waals surface area contributed by atoms with Crippen molar-refractivity contribution in [2.24, 2.45) is 0 Å². The van der Waals surface area contributed by atoms with Crippen molar-refractivity contribution in [3.63, 3.8) is 0 Å². The predicted octanol–water partition coefficient (Wildman–Crippen LogP) is 4.36. The van der Waals surface area contributed by atoms with Gasteiger partial charge in [-0.2, -0.15) is 0 Å². The molecule has 1 atom stereocenters. The summed E-state index contributed by atoms with van der Waals surface area (Å²) in [6.07, 6.45) is 12.1. The fourth-order valence-electron chi connectivity index (χ4n) is 1.84. The van der Waals surface area contributed by atoms with Crippen molar-refractivity contribution in [2.45, 2.75) is 31.8 Å². The summed E-state index contributed by atoms with van der Waals surface area (Å²) in [6, 6.07) is 9.86. The fourth-order valence-corrected chi connectivity index (χ4v) is 1.84. The molecule has 0 aliphatic rings. The highest BCUT2D eigenvalue weighted by atomic mass is 16.3. The zero-order chi connectivity index (χ0) is 13.3. The van der Waals surface area contributed by atoms with Crippen LogP contribution in [0.1, 0.15) is 31.7 Å². The molecule has 1 heteroatoms. The first-order valence-corrected chi connectivity index (χ1v) is 6.43. The van der Waals surface area contributed by atoms with E-state index in [0.29, 0.717) is 12.8 Å². The quantitative estimate of drug-likeness (QED) is 0.556. The van der Waals surface area contributed by atoms with E-state index in [2.05, 4.69) is 12.7 Å². The maximum Gasteiger partial charge on any atom is 0.0928 e. The van der Waals surface area contributed by atoms with Gasteiger partial charge in [0.05, 0.1) is 5.60 Å². The molecule has 1 aromatic rings. The second-order valence-corrected chi connectivity index (χ2v) is 4.33. The first-order chi connectivity index (χ1) is 8.73. The molecule has 0 saturated carbocycles. The summed E-state index contributed by atoms with van der Waals surface area (Å²) in [7, 11) is 0. The van der Waals surface area contributed by atoms with E-state index in [1.54, 1.807) is 6.08 Å². The number of rotatable bonds is 7. The van der Waals surface area contributed by atoms with Crippen molar-refractivity contribution in [3.05, 3.63) is 72.9 Å². The Balaban J connectivity index is 2.61. The molecule has 18 heavy (non-hydrogen) atoms. The molecule has 1 rings (SSSR count). The van der Waals surface area contributed by atoms with Crippen molar-refractivity contribution in [1.82, 2.24) is 0 Å². The van der Waals surface area contributed by atoms with Crippen LogP contribution in [-0.4, -0.2) is 5.11 Å². The standard InChI is InChI=1S/C17H22O/c1-3-5-6-7-8-12-15-17(18,4-2)16-13-10-9-11-14-16/h3,5-6,8-14,18H,1,4,7,15H2,2H3/b6-5+,12-8+. The summed E-state index contributed by atoms with van der Waals surface area (Å²) < 4.78 is 0. The van der Waals surface area contributed by atoms with Gasteiger partial charge in [0.15, 0.2) is 0 Å². The molecule has 1 nitrogen and oxygen atoms in total. The van der Waals surface area contributed by atoms with Crippen LogP contribution in [0.15, 0.2) is 67.3 Å². The highest BCUT2D eigenvalue weighted by Gasteiger charge is 2.24. The van der Waals surface area contributed by atoms with Gasteiger partial charge in [-0.25, -0.2) is 0 Å². The van der Waals surface area contributed by atoms with Crippen LogP contribution in [0, 0.1) is 0 Å². The number of aliphatic hydroxyl groups is 1. The Kier molecular flexibility index (Phi) is 6.16. The minimum Gasteiger partial charge on any atom is -0.385 e. The lowest BCUT2D eigenvalue weighted by Crippen LogP contribution is -2.23. The van der Waals surface area contributed by atoms with Gasteiger partial charge in [0.25, 0.3) is 0 Å². The van der Waals surface area contributed by atoms with Gasteiger partial charge in [-0.05, 0) is 24.8 Å². The Bertz CT molecular complexity index is 403. The van der Waals surface area contributed by atoms with Gasteiger partial charge < -0.3 is 5.11 Å². The van der Waals surface area contributed by atoms with Gasteiger partial charge in [0, 0.05) is 0 Å². The maximum atomic E-state index is 10.6. The smallest absolute Gasteiger partial charge is 0.0928 e. The molecule has 1 aromatic carbocycles. The van der Waals surface area contributed by atoms with Gasteiger partial charge in [-0.1, -0.05) is 74.2 Å². The molecule has 0 fully saturated rings. The van der Waals surface area contributed by atoms with Gasteiger partial charge >= 0.3 is 0 Å². The number of hydrogen-bond acceptors (Lipinski definition) is 1. The highest BCUT2D eigenvalue weighted by Crippen LogP contribution is 2.28. The maximum absolute atomic E-state index is 10.6. The Morgan fingerprint density at radius 2 is 1.89 bits per heavy atom. The van der Waals surface area contributed by atoms with E-state index in [-0.39, 0.29) is 0 Å². The predicted molar refractivity (Wildman–Crippen MR) is 78.3 cm³/mol. The molecule has 0 amide bonds. The fraction of sp³-hybridized carbons (Fsp3) is 0.294. The molecule has 0 bridgehead atoms. The molecule has 0 saturated heterocycles. The summed E-state index contributed by atoms with van der Waals surface area (Å²) in [5.41, 5.74) is 0.235. The average Bonchev–Trinajstić information content (AvgIpc) is 2.43. The van der Waals surface area contributed by atoms with E-state index in [0.717, 1.165) is 12.0 Å². The van der Waals surface area contributed by atoms with Crippen LogP contribution in [0.5, 0.6) is 0 Å². The van der Waals surface area contributed by atoms with Crippen LogP contribution >= 0.6 is 0 Å². The second kappa shape index (κ2) is 7.67. The lowest BCUT2D eigenvalue weighted by molar-refractivity contribution is 0.0355. The van der Waals surface area contributed by atoms with Crippen LogP contribution in [0.25, 0.3) is 0 Å². The van der Waals surface area contributed by atoms with E-state index in [1.165, 1.54) is 0 Å². The molecule has 0 aliphatic carbocycles. The Hall–Kier alpha value is -1.60. The Morgan fingerprint density at radius 3 is 2.50 bits per heavy atom. The minimum atomic E-state index is -0.750. The number of hydrogen-bond donors (Lipinski definition) is 1. The third-order valence-corrected chi connectivity index (χ3v) is 3.06. The molecular formula is C17H22O. The van der Waals surface area contributed by atoms with Gasteiger partial charge in [-0.15, -0.1) is 0 Å². The second-order valence-electron chi connectivity index (χ2n) is 4.33. The largest absolute Gasteiger partial charge is 0.385 e. The summed E-state index contributed by atoms with van der Waals surface area (Å²) in [5, 5.41) is 10.6. The molecule has 96 valence electrons. The SMILES string of the molecule is C=C/C=C/C/C=C/CC(O)(CC)c1ccccc1. The molecule has 0 aliphatic heterocycles. The molecule has 1 N–H and O–H groups in total. The normalized spacial score (nSPS) is 15.0. The summed E-state index contributed by atoms with van der Waals surface area (Å²) in [6.45, 7) is 5.63. The zero-order valence-corrected chi connectivity index (χ0v) is 11.0. The van der Waals surface area contributed by atoms with Crippen molar-refractivity contribution < 1.29 is 5.11 Å². The zero-order valence-electron chi connectivity index (χ0n) is 11.0. The molecule has 1 unspecified atom stereocenters. The van der Waals surface area contributed by atoms with E-state index < -0.39 is 5.60 Å². The average molecular weight is 242 g/mol. The van der Waals surface area contributed by atoms with E-state index in [4.69, 9.17) is 0 Å². The van der Waals surface area contributed by atoms with Gasteiger partial charge in [0.1, 0.15) is 0 Å². The first kappa shape index (κ1) is 14.5. The van der Waals surface area contributed by atoms with Crippen molar-refractivity contribution >= 4 is 0 Å². The van der Waals surface area contributed by atoms with E-state index >= 15 is 0 Å². The third kappa shape index (κ3) is 4.34. The summed E-state index contributed by atoms with van der Waals surface area (Å²) in [5.74, 6) is 0.